The van der Waals surface area contributed by atoms with Gasteiger partial charge < -0.3 is 24.7 Å². The molecule has 0 fully saturated rings. The van der Waals surface area contributed by atoms with Crippen molar-refractivity contribution in [1.29, 1.82) is 0 Å². The molecule has 0 amide bonds. The van der Waals surface area contributed by atoms with Crippen molar-refractivity contribution in [2.24, 2.45) is 5.92 Å². The smallest absolute Gasteiger partial charge is 0.490 e. The fourth-order valence-electron chi connectivity index (χ4n) is 3.61. The molecule has 3 aromatic carbocycles. The molecule has 1 atom stereocenters. The molecule has 12 heteroatoms. The van der Waals surface area contributed by atoms with Gasteiger partial charge in [0, 0.05) is 11.0 Å². The van der Waals surface area contributed by atoms with Crippen LogP contribution in [-0.4, -0.2) is 46.5 Å². The second kappa shape index (κ2) is 14.5. The van der Waals surface area contributed by atoms with Crippen LogP contribution in [-0.2, 0) is 29.0 Å². The molecule has 0 saturated heterocycles. The first-order chi connectivity index (χ1) is 19.0. The highest BCUT2D eigenvalue weighted by Crippen LogP contribution is 2.23. The third-order valence-electron chi connectivity index (χ3n) is 5.58. The van der Waals surface area contributed by atoms with E-state index >= 15 is 0 Å². The lowest BCUT2D eigenvalue weighted by atomic mass is 9.92. The molecule has 8 nitrogen and oxygen atoms in total. The molecule has 0 aliphatic carbocycles. The molecule has 1 unspecified atom stereocenters. The van der Waals surface area contributed by atoms with E-state index in [-0.39, 0.29) is 0 Å². The highest BCUT2D eigenvalue weighted by molar-refractivity contribution is 9.10. The second-order valence-corrected chi connectivity index (χ2v) is 9.44. The molecular weight excluding hydrogens is 597 g/mol. The number of alkyl halides is 3. The predicted molar refractivity (Wildman–Crippen MR) is 144 cm³/mol. The zero-order chi connectivity index (χ0) is 29.1. The van der Waals surface area contributed by atoms with Gasteiger partial charge in [0.15, 0.2) is 5.58 Å². The topological polar surface area (TPSA) is 122 Å². The number of nitrogens with zero attached hydrogens (tertiary/aromatic N) is 1. The number of benzene rings is 3. The first kappa shape index (κ1) is 30.6. The number of carboxylic acid groups (broad SMARTS) is 2. The minimum Gasteiger partial charge on any atom is -0.492 e. The maximum Gasteiger partial charge on any atom is 0.490 e. The predicted octanol–water partition coefficient (Wildman–Crippen LogP) is 5.88. The Balaban J connectivity index is 0.000000559. The number of rotatable bonds is 11. The Morgan fingerprint density at radius 2 is 1.62 bits per heavy atom. The third-order valence-corrected chi connectivity index (χ3v) is 6.36. The van der Waals surface area contributed by atoms with Crippen molar-refractivity contribution in [3.05, 3.63) is 94.3 Å². The van der Waals surface area contributed by atoms with E-state index in [1.807, 2.05) is 72.8 Å². The largest absolute Gasteiger partial charge is 0.492 e. The summed E-state index contributed by atoms with van der Waals surface area (Å²) >= 11 is 3.50. The normalized spacial score (nSPS) is 11.9. The van der Waals surface area contributed by atoms with Crippen LogP contribution in [0, 0.1) is 5.92 Å². The fourth-order valence-corrected chi connectivity index (χ4v) is 4.06. The summed E-state index contributed by atoms with van der Waals surface area (Å²) in [6, 6.07) is 23.0. The molecule has 3 N–H and O–H groups in total. The number of oxazole rings is 1. The number of fused-ring (bicyclic) bond motifs is 1. The van der Waals surface area contributed by atoms with E-state index in [9.17, 15) is 23.1 Å². The van der Waals surface area contributed by atoms with Crippen LogP contribution >= 0.6 is 15.9 Å². The lowest BCUT2D eigenvalue weighted by molar-refractivity contribution is -0.192. The van der Waals surface area contributed by atoms with Crippen LogP contribution in [0.25, 0.3) is 11.1 Å². The molecule has 0 spiro atoms. The van der Waals surface area contributed by atoms with E-state index in [1.165, 1.54) is 0 Å². The van der Waals surface area contributed by atoms with Gasteiger partial charge in [-0.05, 0) is 54.3 Å². The molecule has 4 rings (SSSR count). The number of hydrogen-bond donors (Lipinski definition) is 3. The highest BCUT2D eigenvalue weighted by Gasteiger charge is 2.38. The zero-order valence-corrected chi connectivity index (χ0v) is 22.6. The van der Waals surface area contributed by atoms with E-state index < -0.39 is 24.0 Å². The first-order valence-electron chi connectivity index (χ1n) is 12.1. The zero-order valence-electron chi connectivity index (χ0n) is 21.0. The van der Waals surface area contributed by atoms with Gasteiger partial charge in [0.05, 0.1) is 12.5 Å². The fraction of sp³-hybridized carbons (Fsp3) is 0.250. The number of ether oxygens (including phenoxy) is 1. The summed E-state index contributed by atoms with van der Waals surface area (Å²) in [6.45, 7) is 1.68. The van der Waals surface area contributed by atoms with E-state index in [0.717, 1.165) is 32.4 Å². The van der Waals surface area contributed by atoms with Gasteiger partial charge in [-0.25, -0.2) is 9.78 Å². The van der Waals surface area contributed by atoms with Gasteiger partial charge in [-0.1, -0.05) is 58.4 Å². The summed E-state index contributed by atoms with van der Waals surface area (Å²) in [5, 5.41) is 20.1. The van der Waals surface area contributed by atoms with Crippen molar-refractivity contribution in [3.8, 4) is 5.75 Å². The minimum absolute atomic E-state index is 0.461. The summed E-state index contributed by atoms with van der Waals surface area (Å²) in [6.07, 6.45) is -4.15. The highest BCUT2D eigenvalue weighted by atomic mass is 79.9. The van der Waals surface area contributed by atoms with Gasteiger partial charge in [0.25, 0.3) is 0 Å². The number of aromatic nitrogens is 1. The van der Waals surface area contributed by atoms with E-state index in [0.29, 0.717) is 38.4 Å². The van der Waals surface area contributed by atoms with Gasteiger partial charge in [0.1, 0.15) is 17.9 Å². The second-order valence-electron chi connectivity index (χ2n) is 8.58. The van der Waals surface area contributed by atoms with Gasteiger partial charge >= 0.3 is 18.1 Å². The molecule has 1 heterocycles. The first-order valence-corrected chi connectivity index (χ1v) is 12.9. The van der Waals surface area contributed by atoms with Gasteiger partial charge in [0.2, 0.25) is 5.89 Å². The summed E-state index contributed by atoms with van der Waals surface area (Å²) in [7, 11) is 0. The van der Waals surface area contributed by atoms with Crippen molar-refractivity contribution in [1.82, 2.24) is 10.3 Å². The Morgan fingerprint density at radius 1 is 0.975 bits per heavy atom. The summed E-state index contributed by atoms with van der Waals surface area (Å²) in [5.41, 5.74) is 3.60. The van der Waals surface area contributed by atoms with E-state index in [4.69, 9.17) is 19.1 Å². The Hall–Kier alpha value is -3.90. The van der Waals surface area contributed by atoms with Gasteiger partial charge in [-0.3, -0.25) is 4.79 Å². The maximum absolute atomic E-state index is 11.8. The van der Waals surface area contributed by atoms with Crippen LogP contribution in [0.4, 0.5) is 13.2 Å². The van der Waals surface area contributed by atoms with Crippen LogP contribution in [0.3, 0.4) is 0 Å². The molecule has 212 valence electrons. The average molecular weight is 623 g/mol. The number of carbonyl (C=O) groups is 2. The Bertz CT molecular complexity index is 1380. The summed E-state index contributed by atoms with van der Waals surface area (Å²) < 4.78 is 44.1. The average Bonchev–Trinajstić information content (AvgIpc) is 3.33. The number of hydrogen-bond acceptors (Lipinski definition) is 6. The molecule has 1 aromatic heterocycles. The van der Waals surface area contributed by atoms with Crippen LogP contribution in [0.5, 0.6) is 5.75 Å². The standard InChI is InChI=1S/C26H25BrN2O4.C2HF3O2/c27-22-6-2-1-5-19(22)16-20(26(30)31)15-18-9-11-21(12-10-18)32-14-13-28-17-25-29-23-7-3-4-8-24(23)33-25;3-2(4,5)1(6)7/h1-12,20,28H,13-17H2,(H,30,31);(H,6,7). The van der Waals surface area contributed by atoms with Crippen LogP contribution in [0.15, 0.2) is 81.7 Å². The van der Waals surface area contributed by atoms with E-state index in [2.05, 4.69) is 26.2 Å². The molecular formula is C28H26BrF3N2O6. The minimum atomic E-state index is -5.08. The van der Waals surface area contributed by atoms with Crippen molar-refractivity contribution in [3.63, 3.8) is 0 Å². The number of halogens is 4. The number of para-hydroxylation sites is 2. The van der Waals surface area contributed by atoms with Crippen molar-refractivity contribution < 1.29 is 42.1 Å². The Morgan fingerprint density at radius 3 is 2.25 bits per heavy atom. The van der Waals surface area contributed by atoms with Crippen molar-refractivity contribution in [2.45, 2.75) is 25.6 Å². The van der Waals surface area contributed by atoms with Gasteiger partial charge in [-0.15, -0.1) is 0 Å². The van der Waals surface area contributed by atoms with Crippen molar-refractivity contribution >= 4 is 39.0 Å². The summed E-state index contributed by atoms with van der Waals surface area (Å²) in [5.74, 6) is -2.65. The quantitative estimate of drug-likeness (QED) is 0.177. The molecule has 0 saturated carbocycles. The monoisotopic (exact) mass is 622 g/mol. The van der Waals surface area contributed by atoms with Crippen LogP contribution in [0.1, 0.15) is 17.0 Å². The Kier molecular flexibility index (Phi) is 11.1. The maximum atomic E-state index is 11.8. The molecule has 0 aliphatic rings. The number of aliphatic carboxylic acids is 2. The van der Waals surface area contributed by atoms with Gasteiger partial charge in [-0.2, -0.15) is 13.2 Å². The number of nitrogens with one attached hydrogen (secondary N) is 1. The SMILES string of the molecule is O=C(O)C(Cc1ccc(OCCNCc2nc3ccccc3o2)cc1)Cc1ccccc1Br.O=C(O)C(F)(F)F. The molecule has 0 bridgehead atoms. The molecule has 0 aliphatic heterocycles. The summed E-state index contributed by atoms with van der Waals surface area (Å²) in [4.78, 5) is 25.1. The molecule has 4 aromatic rings. The van der Waals surface area contributed by atoms with E-state index in [1.54, 1.807) is 0 Å². The number of carboxylic acids is 2. The Labute approximate surface area is 235 Å². The molecule has 0 radical (unpaired) electrons. The lowest BCUT2D eigenvalue weighted by Crippen LogP contribution is -2.21. The molecule has 40 heavy (non-hydrogen) atoms. The van der Waals surface area contributed by atoms with Crippen LogP contribution < -0.4 is 10.1 Å². The third kappa shape index (κ3) is 9.69. The van der Waals surface area contributed by atoms with Crippen molar-refractivity contribution in [2.75, 3.05) is 13.2 Å². The van der Waals surface area contributed by atoms with Crippen LogP contribution in [0.2, 0.25) is 0 Å². The lowest BCUT2D eigenvalue weighted by Gasteiger charge is -2.14.